The molecule has 1 rings (SSSR count). The Balaban J connectivity index is 2.61. The van der Waals surface area contributed by atoms with Crippen LogP contribution in [0.5, 0.6) is 0 Å². The zero-order chi connectivity index (χ0) is 17.4. The van der Waals surface area contributed by atoms with Crippen LogP contribution in [0.3, 0.4) is 0 Å². The third-order valence-electron chi connectivity index (χ3n) is 2.72. The molecule has 0 unspecified atom stereocenters. The van der Waals surface area contributed by atoms with Gasteiger partial charge in [-0.2, -0.15) is 4.79 Å². The van der Waals surface area contributed by atoms with Crippen molar-refractivity contribution in [3.8, 4) is 0 Å². The number of carbonyl (C=O) groups is 3. The number of hydrogen-bond acceptors (Lipinski definition) is 5. The quantitative estimate of drug-likeness (QED) is 0.111. The maximum Gasteiger partial charge on any atom is 0.446 e. The van der Waals surface area contributed by atoms with Crippen molar-refractivity contribution in [2.45, 2.75) is 13.8 Å². The molecule has 7 nitrogen and oxygen atoms in total. The zero-order valence-electron chi connectivity index (χ0n) is 12.9. The molecule has 0 aliphatic rings. The third-order valence-corrected chi connectivity index (χ3v) is 2.72. The van der Waals surface area contributed by atoms with Gasteiger partial charge in [0.1, 0.15) is 13.2 Å². The lowest BCUT2D eigenvalue weighted by atomic mass is 10.1. The second kappa shape index (κ2) is 8.41. The predicted molar refractivity (Wildman–Crippen MR) is 80.9 cm³/mol. The Labute approximate surface area is 133 Å². The van der Waals surface area contributed by atoms with Crippen molar-refractivity contribution in [1.82, 2.24) is 0 Å². The Morgan fingerprint density at radius 1 is 1.09 bits per heavy atom. The highest BCUT2D eigenvalue weighted by atomic mass is 16.6. The fourth-order valence-corrected chi connectivity index (χ4v) is 1.48. The number of ether oxygens (including phenoxy) is 2. The molecule has 0 atom stereocenters. The van der Waals surface area contributed by atoms with E-state index in [1.165, 1.54) is 19.1 Å². The highest BCUT2D eigenvalue weighted by molar-refractivity contribution is 6.65. The summed E-state index contributed by atoms with van der Waals surface area (Å²) < 4.78 is 9.46. The Hall–Kier alpha value is -3.05. The van der Waals surface area contributed by atoms with Crippen LogP contribution in [0.4, 0.5) is 0 Å². The van der Waals surface area contributed by atoms with Gasteiger partial charge in [-0.25, -0.2) is 9.59 Å². The van der Waals surface area contributed by atoms with Gasteiger partial charge in [0.2, 0.25) is 0 Å². The lowest BCUT2D eigenvalue weighted by molar-refractivity contribution is -0.147. The maximum absolute atomic E-state index is 12.1. The summed E-state index contributed by atoms with van der Waals surface area (Å²) in [7, 11) is 0. The molecule has 0 aromatic heterocycles. The molecule has 23 heavy (non-hydrogen) atoms. The van der Waals surface area contributed by atoms with E-state index in [2.05, 4.69) is 11.4 Å². The van der Waals surface area contributed by atoms with Crippen LogP contribution in [0.1, 0.15) is 22.8 Å². The topological polar surface area (TPSA) is 106 Å². The van der Waals surface area contributed by atoms with Gasteiger partial charge in [-0.15, -0.1) is 0 Å². The normalized spacial score (nSPS) is 9.48. The lowest BCUT2D eigenvalue weighted by Gasteiger charge is -2.04. The molecular weight excluding hydrogens is 300 g/mol. The smallest absolute Gasteiger partial charge is 0.446 e. The van der Waals surface area contributed by atoms with E-state index in [4.69, 9.17) is 15.0 Å². The van der Waals surface area contributed by atoms with E-state index in [-0.39, 0.29) is 24.4 Å². The summed E-state index contributed by atoms with van der Waals surface area (Å²) >= 11 is 0. The van der Waals surface area contributed by atoms with E-state index in [0.29, 0.717) is 0 Å². The van der Waals surface area contributed by atoms with Gasteiger partial charge >= 0.3 is 17.7 Å². The SMILES string of the molecule is C=C(C)C(=O)OCCOC(=O)C(=[N+]=[N-])C(=O)c1ccc(C)cc1. The molecule has 0 aliphatic carbocycles. The fraction of sp³-hybridized carbons (Fsp3) is 0.250. The number of aryl methyl sites for hydroxylation is 1. The van der Waals surface area contributed by atoms with Crippen molar-refractivity contribution in [3.63, 3.8) is 0 Å². The minimum atomic E-state index is -1.11. The summed E-state index contributed by atoms with van der Waals surface area (Å²) in [4.78, 5) is 37.6. The minimum Gasteiger partial charge on any atom is -0.459 e. The first kappa shape index (κ1) is 18.0. The first-order valence-corrected chi connectivity index (χ1v) is 6.70. The number of benzene rings is 1. The average Bonchev–Trinajstić information content (AvgIpc) is 2.52. The molecule has 0 fully saturated rings. The van der Waals surface area contributed by atoms with Gasteiger partial charge in [0.15, 0.2) is 0 Å². The van der Waals surface area contributed by atoms with Gasteiger partial charge in [-0.3, -0.25) is 4.79 Å². The van der Waals surface area contributed by atoms with Crippen molar-refractivity contribution in [2.24, 2.45) is 0 Å². The standard InChI is InChI=1S/C16H16N2O5/c1-10(2)15(20)22-8-9-23-16(21)13(18-17)14(19)12-6-4-11(3)5-7-12/h4-7H,1,8-9H2,2-3H3. The highest BCUT2D eigenvalue weighted by Gasteiger charge is 2.32. The zero-order valence-corrected chi connectivity index (χ0v) is 12.9. The summed E-state index contributed by atoms with van der Waals surface area (Å²) in [5.74, 6) is -2.49. The molecule has 0 amide bonds. The summed E-state index contributed by atoms with van der Waals surface area (Å²) in [6, 6.07) is 6.38. The Kier molecular flexibility index (Phi) is 6.58. The van der Waals surface area contributed by atoms with Gasteiger partial charge < -0.3 is 15.0 Å². The Morgan fingerprint density at radius 3 is 2.09 bits per heavy atom. The first-order valence-electron chi connectivity index (χ1n) is 6.70. The average molecular weight is 316 g/mol. The molecule has 0 heterocycles. The monoisotopic (exact) mass is 316 g/mol. The molecule has 1 aromatic rings. The third kappa shape index (κ3) is 5.33. The molecule has 1 aromatic carbocycles. The van der Waals surface area contributed by atoms with Crippen LogP contribution >= 0.6 is 0 Å². The molecule has 0 spiro atoms. The van der Waals surface area contributed by atoms with Crippen LogP contribution in [0.15, 0.2) is 36.4 Å². The first-order chi connectivity index (χ1) is 10.9. The number of nitrogens with zero attached hydrogens (tertiary/aromatic N) is 2. The summed E-state index contributed by atoms with van der Waals surface area (Å²) in [6.07, 6.45) is 0. The van der Waals surface area contributed by atoms with Gasteiger partial charge in [0.25, 0.3) is 5.78 Å². The van der Waals surface area contributed by atoms with E-state index >= 15 is 0 Å². The van der Waals surface area contributed by atoms with Crippen LogP contribution in [0.2, 0.25) is 0 Å². The minimum absolute atomic E-state index is 0.189. The molecule has 120 valence electrons. The molecule has 0 bridgehead atoms. The fourth-order valence-electron chi connectivity index (χ4n) is 1.48. The molecule has 0 saturated heterocycles. The van der Waals surface area contributed by atoms with Crippen molar-refractivity contribution >= 4 is 23.4 Å². The van der Waals surface area contributed by atoms with Gasteiger partial charge in [-0.05, 0) is 13.8 Å². The number of rotatable bonds is 7. The van der Waals surface area contributed by atoms with Crippen LogP contribution in [0.25, 0.3) is 5.53 Å². The summed E-state index contributed by atoms with van der Waals surface area (Å²) in [6.45, 7) is 6.24. The molecule has 0 saturated carbocycles. The summed E-state index contributed by atoms with van der Waals surface area (Å²) in [5.41, 5.74) is 9.46. The molecule has 0 aliphatic heterocycles. The highest BCUT2D eigenvalue weighted by Crippen LogP contribution is 2.05. The number of Topliss-reactive ketones (excluding diaryl/α,β-unsaturated/α-hetero) is 1. The maximum atomic E-state index is 12.1. The number of carbonyl (C=O) groups excluding carboxylic acids is 3. The van der Waals surface area contributed by atoms with Crippen molar-refractivity contribution in [3.05, 3.63) is 53.1 Å². The largest absolute Gasteiger partial charge is 0.459 e. The van der Waals surface area contributed by atoms with E-state index in [9.17, 15) is 14.4 Å². The molecule has 7 heteroatoms. The van der Waals surface area contributed by atoms with Crippen molar-refractivity contribution in [2.75, 3.05) is 13.2 Å². The van der Waals surface area contributed by atoms with Gasteiger partial charge in [-0.1, -0.05) is 36.4 Å². The van der Waals surface area contributed by atoms with Gasteiger partial charge in [0.05, 0.1) is 0 Å². The molecule has 0 N–H and O–H groups in total. The second-order valence-electron chi connectivity index (χ2n) is 4.70. The number of ketones is 1. The van der Waals surface area contributed by atoms with E-state index < -0.39 is 23.4 Å². The lowest BCUT2D eigenvalue weighted by Crippen LogP contribution is -2.28. The number of hydrogen-bond donors (Lipinski definition) is 0. The van der Waals surface area contributed by atoms with Crippen molar-refractivity contribution < 1.29 is 28.6 Å². The van der Waals surface area contributed by atoms with E-state index in [1.807, 2.05) is 6.92 Å². The Bertz CT molecular complexity index is 685. The van der Waals surface area contributed by atoms with Crippen LogP contribution < -0.4 is 0 Å². The predicted octanol–water partition coefficient (Wildman–Crippen LogP) is 1.51. The van der Waals surface area contributed by atoms with Crippen LogP contribution in [0, 0.1) is 6.92 Å². The Morgan fingerprint density at radius 2 is 1.61 bits per heavy atom. The molecule has 0 radical (unpaired) electrons. The van der Waals surface area contributed by atoms with Crippen LogP contribution in [-0.4, -0.2) is 41.4 Å². The summed E-state index contributed by atoms with van der Waals surface area (Å²) in [5, 5.41) is 0. The van der Waals surface area contributed by atoms with E-state index in [1.54, 1.807) is 12.1 Å². The van der Waals surface area contributed by atoms with Gasteiger partial charge in [0, 0.05) is 11.1 Å². The van der Waals surface area contributed by atoms with E-state index in [0.717, 1.165) is 5.56 Å². The van der Waals surface area contributed by atoms with Crippen LogP contribution in [-0.2, 0) is 19.1 Å². The molecular formula is C16H16N2O5. The second-order valence-corrected chi connectivity index (χ2v) is 4.70. The number of esters is 2. The van der Waals surface area contributed by atoms with Crippen molar-refractivity contribution in [1.29, 1.82) is 0 Å².